The Labute approximate surface area is 148 Å². The molecule has 6 nitrogen and oxygen atoms in total. The first-order valence-corrected chi connectivity index (χ1v) is 8.32. The van der Waals surface area contributed by atoms with Gasteiger partial charge in [0.05, 0.1) is 19.8 Å². The first kappa shape index (κ1) is 17.1. The maximum Gasteiger partial charge on any atom is 0.257 e. The summed E-state index contributed by atoms with van der Waals surface area (Å²) in [5.41, 5.74) is 1.41. The van der Waals surface area contributed by atoms with E-state index in [1.807, 2.05) is 36.1 Å². The third-order valence-electron chi connectivity index (χ3n) is 4.55. The second-order valence-electron chi connectivity index (χ2n) is 5.94. The number of carbonyl (C=O) groups excluding carboxylic acids is 1. The number of amides is 1. The van der Waals surface area contributed by atoms with Crippen LogP contribution in [0.2, 0.25) is 0 Å². The predicted molar refractivity (Wildman–Crippen MR) is 96.6 cm³/mol. The largest absolute Gasteiger partial charge is 0.496 e. The number of carbonyl (C=O) groups is 1. The molecule has 0 bridgehead atoms. The quantitative estimate of drug-likeness (QED) is 0.855. The molecule has 0 aliphatic carbocycles. The molecule has 2 aromatic rings. The van der Waals surface area contributed by atoms with E-state index in [-0.39, 0.29) is 5.91 Å². The molecule has 1 saturated heterocycles. The summed E-state index contributed by atoms with van der Waals surface area (Å²) in [6, 6.07) is 9.47. The van der Waals surface area contributed by atoms with Crippen LogP contribution in [0.5, 0.6) is 11.5 Å². The van der Waals surface area contributed by atoms with Gasteiger partial charge in [0.1, 0.15) is 17.3 Å². The van der Waals surface area contributed by atoms with E-state index in [1.54, 1.807) is 26.5 Å². The van der Waals surface area contributed by atoms with E-state index in [4.69, 9.17) is 9.47 Å². The van der Waals surface area contributed by atoms with Crippen LogP contribution >= 0.6 is 0 Å². The monoisotopic (exact) mass is 341 g/mol. The molecule has 2 heterocycles. The number of anilines is 1. The molecular formula is C19H23N3O3. The van der Waals surface area contributed by atoms with Crippen LogP contribution in [0.15, 0.2) is 36.5 Å². The van der Waals surface area contributed by atoms with Gasteiger partial charge in [-0.15, -0.1) is 0 Å². The number of hydrogen-bond donors (Lipinski definition) is 0. The van der Waals surface area contributed by atoms with Crippen molar-refractivity contribution >= 4 is 11.7 Å². The summed E-state index contributed by atoms with van der Waals surface area (Å²) in [7, 11) is 3.19. The first-order chi connectivity index (χ1) is 12.2. The summed E-state index contributed by atoms with van der Waals surface area (Å²) in [6.45, 7) is 4.74. The zero-order chi connectivity index (χ0) is 17.8. The summed E-state index contributed by atoms with van der Waals surface area (Å²) >= 11 is 0. The van der Waals surface area contributed by atoms with Crippen molar-refractivity contribution in [1.82, 2.24) is 9.88 Å². The molecule has 0 radical (unpaired) electrons. The van der Waals surface area contributed by atoms with Gasteiger partial charge in [0, 0.05) is 37.9 Å². The van der Waals surface area contributed by atoms with Gasteiger partial charge in [0.2, 0.25) is 0 Å². The number of benzene rings is 1. The van der Waals surface area contributed by atoms with Gasteiger partial charge in [0.15, 0.2) is 0 Å². The van der Waals surface area contributed by atoms with Crippen LogP contribution in [-0.2, 0) is 0 Å². The number of hydrogen-bond acceptors (Lipinski definition) is 5. The number of methoxy groups -OCH3 is 2. The molecule has 1 aromatic carbocycles. The highest BCUT2D eigenvalue weighted by Gasteiger charge is 2.26. The van der Waals surface area contributed by atoms with Gasteiger partial charge in [-0.05, 0) is 31.2 Å². The van der Waals surface area contributed by atoms with Crippen molar-refractivity contribution in [3.63, 3.8) is 0 Å². The van der Waals surface area contributed by atoms with E-state index in [1.165, 1.54) is 0 Å². The van der Waals surface area contributed by atoms with Gasteiger partial charge in [-0.25, -0.2) is 4.98 Å². The molecule has 1 aliphatic rings. The van der Waals surface area contributed by atoms with E-state index in [2.05, 4.69) is 9.88 Å². The fourth-order valence-corrected chi connectivity index (χ4v) is 3.18. The molecule has 1 aromatic heterocycles. The minimum atomic E-state index is -0.0109. The Balaban J connectivity index is 1.74. The van der Waals surface area contributed by atoms with Crippen LogP contribution in [-0.4, -0.2) is 56.2 Å². The van der Waals surface area contributed by atoms with E-state index < -0.39 is 0 Å². The molecule has 1 aliphatic heterocycles. The Morgan fingerprint density at radius 1 is 1.04 bits per heavy atom. The van der Waals surface area contributed by atoms with Crippen LogP contribution in [0, 0.1) is 6.92 Å². The van der Waals surface area contributed by atoms with Crippen molar-refractivity contribution < 1.29 is 14.3 Å². The maximum atomic E-state index is 12.9. The van der Waals surface area contributed by atoms with E-state index in [0.29, 0.717) is 30.2 Å². The lowest BCUT2D eigenvalue weighted by Gasteiger charge is -2.35. The van der Waals surface area contributed by atoms with E-state index in [9.17, 15) is 4.79 Å². The third-order valence-corrected chi connectivity index (χ3v) is 4.55. The fourth-order valence-electron chi connectivity index (χ4n) is 3.18. The normalized spacial score (nSPS) is 14.4. The highest BCUT2D eigenvalue weighted by Crippen LogP contribution is 2.32. The van der Waals surface area contributed by atoms with Crippen LogP contribution in [0.1, 0.15) is 15.9 Å². The lowest BCUT2D eigenvalue weighted by molar-refractivity contribution is 0.0743. The summed E-state index contributed by atoms with van der Waals surface area (Å²) < 4.78 is 10.8. The number of ether oxygens (including phenoxy) is 2. The molecular weight excluding hydrogens is 318 g/mol. The molecule has 25 heavy (non-hydrogen) atoms. The Hall–Kier alpha value is -2.76. The minimum absolute atomic E-state index is 0.0109. The maximum absolute atomic E-state index is 12.9. The molecule has 6 heteroatoms. The Morgan fingerprint density at radius 2 is 1.80 bits per heavy atom. The van der Waals surface area contributed by atoms with Gasteiger partial charge in [0.25, 0.3) is 5.91 Å². The number of aromatic nitrogens is 1. The van der Waals surface area contributed by atoms with Gasteiger partial charge in [-0.2, -0.15) is 0 Å². The predicted octanol–water partition coefficient (Wildman–Crippen LogP) is 2.37. The number of nitrogens with zero attached hydrogens (tertiary/aromatic N) is 3. The molecule has 132 valence electrons. The van der Waals surface area contributed by atoms with Gasteiger partial charge < -0.3 is 19.3 Å². The van der Waals surface area contributed by atoms with Crippen LogP contribution in [0.4, 0.5) is 5.82 Å². The van der Waals surface area contributed by atoms with Crippen LogP contribution < -0.4 is 14.4 Å². The van der Waals surface area contributed by atoms with Crippen molar-refractivity contribution in [2.75, 3.05) is 45.3 Å². The average Bonchev–Trinajstić information content (AvgIpc) is 2.68. The topological polar surface area (TPSA) is 54.9 Å². The average molecular weight is 341 g/mol. The van der Waals surface area contributed by atoms with Crippen LogP contribution in [0.25, 0.3) is 0 Å². The Kier molecular flexibility index (Phi) is 5.07. The third kappa shape index (κ3) is 3.38. The van der Waals surface area contributed by atoms with E-state index >= 15 is 0 Å². The second-order valence-corrected chi connectivity index (χ2v) is 5.94. The zero-order valence-corrected chi connectivity index (χ0v) is 14.9. The number of rotatable bonds is 4. The lowest BCUT2D eigenvalue weighted by atomic mass is 10.1. The Bertz CT molecular complexity index is 741. The standard InChI is InChI=1S/C19H23N3O3/c1-14-16(24-2)8-7-15(18(14)25-3)19(23)22-12-10-21(11-13-22)17-6-4-5-9-20-17/h4-9H,10-13H2,1-3H3. The number of piperazine rings is 1. The highest BCUT2D eigenvalue weighted by molar-refractivity contribution is 5.98. The van der Waals surface area contributed by atoms with Crippen molar-refractivity contribution in [3.8, 4) is 11.5 Å². The van der Waals surface area contributed by atoms with Gasteiger partial charge in [-0.3, -0.25) is 4.79 Å². The summed E-state index contributed by atoms with van der Waals surface area (Å²) in [5, 5.41) is 0. The SMILES string of the molecule is COc1ccc(C(=O)N2CCN(c3ccccn3)CC2)c(OC)c1C. The Morgan fingerprint density at radius 3 is 2.40 bits per heavy atom. The van der Waals surface area contributed by atoms with Crippen molar-refractivity contribution in [1.29, 1.82) is 0 Å². The minimum Gasteiger partial charge on any atom is -0.496 e. The fraction of sp³-hybridized carbons (Fsp3) is 0.368. The van der Waals surface area contributed by atoms with Crippen molar-refractivity contribution in [2.24, 2.45) is 0 Å². The molecule has 0 saturated carbocycles. The lowest BCUT2D eigenvalue weighted by Crippen LogP contribution is -2.49. The summed E-state index contributed by atoms with van der Waals surface area (Å²) in [4.78, 5) is 21.4. The molecule has 1 fully saturated rings. The molecule has 0 unspecified atom stereocenters. The molecule has 0 atom stereocenters. The summed E-state index contributed by atoms with van der Waals surface area (Å²) in [6.07, 6.45) is 1.79. The van der Waals surface area contributed by atoms with E-state index in [0.717, 1.165) is 24.5 Å². The summed E-state index contributed by atoms with van der Waals surface area (Å²) in [5.74, 6) is 2.24. The van der Waals surface area contributed by atoms with Gasteiger partial charge in [-0.1, -0.05) is 6.07 Å². The first-order valence-electron chi connectivity index (χ1n) is 8.32. The second kappa shape index (κ2) is 7.42. The zero-order valence-electron chi connectivity index (χ0n) is 14.9. The van der Waals surface area contributed by atoms with Gasteiger partial charge >= 0.3 is 0 Å². The number of pyridine rings is 1. The smallest absolute Gasteiger partial charge is 0.257 e. The van der Waals surface area contributed by atoms with Crippen molar-refractivity contribution in [3.05, 3.63) is 47.7 Å². The molecule has 3 rings (SSSR count). The van der Waals surface area contributed by atoms with Crippen molar-refractivity contribution in [2.45, 2.75) is 6.92 Å². The molecule has 0 N–H and O–H groups in total. The molecule has 1 amide bonds. The highest BCUT2D eigenvalue weighted by atomic mass is 16.5. The molecule has 0 spiro atoms. The van der Waals surface area contributed by atoms with Crippen LogP contribution in [0.3, 0.4) is 0 Å².